The Labute approximate surface area is 121 Å². The van der Waals surface area contributed by atoms with Crippen LogP contribution in [0.25, 0.3) is 0 Å². The van der Waals surface area contributed by atoms with E-state index in [0.717, 1.165) is 15.7 Å². The molecular weight excluding hydrogens is 343 g/mol. The standard InChI is InChI=1S/C13H19IN2O2/c1-7(2)5-8(3)15-12(17)10-6-11(14)9(4)16-13(10)18/h6-8H,5H2,1-4H3,(H,15,17)(H,16,18)/t8-/m1/s1. The van der Waals surface area contributed by atoms with Crippen molar-refractivity contribution in [2.45, 2.75) is 40.2 Å². The predicted octanol–water partition coefficient (Wildman–Crippen LogP) is 2.45. The SMILES string of the molecule is Cc1[nH]c(=O)c(C(=O)N[C@H](C)CC(C)C)cc1I. The summed E-state index contributed by atoms with van der Waals surface area (Å²) in [6.07, 6.45) is 0.895. The van der Waals surface area contributed by atoms with E-state index in [1.807, 2.05) is 13.8 Å². The Morgan fingerprint density at radius 3 is 2.61 bits per heavy atom. The Bertz CT molecular complexity index is 494. The number of aryl methyl sites for hydroxylation is 1. The molecule has 0 aliphatic carbocycles. The minimum absolute atomic E-state index is 0.0656. The Morgan fingerprint density at radius 1 is 1.44 bits per heavy atom. The molecule has 2 N–H and O–H groups in total. The van der Waals surface area contributed by atoms with E-state index >= 15 is 0 Å². The maximum absolute atomic E-state index is 12.0. The lowest BCUT2D eigenvalue weighted by Crippen LogP contribution is -2.36. The Balaban J connectivity index is 2.85. The van der Waals surface area contributed by atoms with E-state index in [-0.39, 0.29) is 23.1 Å². The van der Waals surface area contributed by atoms with Crippen molar-refractivity contribution in [1.82, 2.24) is 10.3 Å². The molecular formula is C13H19IN2O2. The number of nitrogens with one attached hydrogen (secondary N) is 2. The smallest absolute Gasteiger partial charge is 0.261 e. The minimum atomic E-state index is -0.331. The van der Waals surface area contributed by atoms with Gasteiger partial charge in [0.25, 0.3) is 11.5 Å². The van der Waals surface area contributed by atoms with Gasteiger partial charge in [-0.05, 0) is 54.8 Å². The Kier molecular flexibility index (Phi) is 5.37. The number of aromatic amines is 1. The number of hydrogen-bond acceptors (Lipinski definition) is 2. The maximum atomic E-state index is 12.0. The highest BCUT2D eigenvalue weighted by atomic mass is 127. The molecule has 0 saturated heterocycles. The van der Waals surface area contributed by atoms with E-state index < -0.39 is 0 Å². The molecule has 1 aromatic heterocycles. The third-order valence-electron chi connectivity index (χ3n) is 2.62. The van der Waals surface area contributed by atoms with Gasteiger partial charge in [-0.3, -0.25) is 9.59 Å². The summed E-state index contributed by atoms with van der Waals surface area (Å²) in [5.41, 5.74) is 0.634. The topological polar surface area (TPSA) is 62.0 Å². The highest BCUT2D eigenvalue weighted by Crippen LogP contribution is 2.09. The largest absolute Gasteiger partial charge is 0.349 e. The number of hydrogen-bond donors (Lipinski definition) is 2. The summed E-state index contributed by atoms with van der Waals surface area (Å²) < 4.78 is 0.883. The third-order valence-corrected chi connectivity index (χ3v) is 3.74. The minimum Gasteiger partial charge on any atom is -0.349 e. The fraction of sp³-hybridized carbons (Fsp3) is 0.538. The van der Waals surface area contributed by atoms with Crippen LogP contribution < -0.4 is 10.9 Å². The van der Waals surface area contributed by atoms with Crippen molar-refractivity contribution in [3.8, 4) is 0 Å². The number of carbonyl (C=O) groups is 1. The van der Waals surface area contributed by atoms with Gasteiger partial charge in [-0.25, -0.2) is 0 Å². The van der Waals surface area contributed by atoms with Gasteiger partial charge in [-0.15, -0.1) is 0 Å². The van der Waals surface area contributed by atoms with Gasteiger partial charge in [0.1, 0.15) is 5.56 Å². The second-order valence-corrected chi connectivity index (χ2v) is 6.15. The second kappa shape index (κ2) is 6.36. The number of pyridine rings is 1. The molecule has 1 heterocycles. The lowest BCUT2D eigenvalue weighted by atomic mass is 10.1. The summed E-state index contributed by atoms with van der Waals surface area (Å²) in [4.78, 5) is 26.4. The van der Waals surface area contributed by atoms with Crippen LogP contribution in [-0.2, 0) is 0 Å². The first-order chi connectivity index (χ1) is 8.31. The molecule has 0 aromatic carbocycles. The summed E-state index contributed by atoms with van der Waals surface area (Å²) in [5, 5.41) is 2.85. The van der Waals surface area contributed by atoms with Gasteiger partial charge in [0.15, 0.2) is 0 Å². The van der Waals surface area contributed by atoms with Crippen LogP contribution >= 0.6 is 22.6 Å². The summed E-state index contributed by atoms with van der Waals surface area (Å²) in [6, 6.07) is 1.70. The molecule has 0 unspecified atom stereocenters. The molecule has 100 valence electrons. The number of carbonyl (C=O) groups excluding carboxylic acids is 1. The first-order valence-corrected chi connectivity index (χ1v) is 7.09. The van der Waals surface area contributed by atoms with Crippen LogP contribution in [0, 0.1) is 16.4 Å². The molecule has 0 aliphatic rings. The van der Waals surface area contributed by atoms with Crippen molar-refractivity contribution >= 4 is 28.5 Å². The van der Waals surface area contributed by atoms with Gasteiger partial charge >= 0.3 is 0 Å². The normalized spacial score (nSPS) is 12.6. The fourth-order valence-corrected chi connectivity index (χ4v) is 2.28. The Morgan fingerprint density at radius 2 is 2.06 bits per heavy atom. The number of rotatable bonds is 4. The van der Waals surface area contributed by atoms with E-state index in [0.29, 0.717) is 5.92 Å². The van der Waals surface area contributed by atoms with Gasteiger partial charge in [-0.2, -0.15) is 0 Å². The zero-order valence-electron chi connectivity index (χ0n) is 11.1. The first kappa shape index (κ1) is 15.2. The van der Waals surface area contributed by atoms with Crippen molar-refractivity contribution in [3.05, 3.63) is 31.2 Å². The predicted molar refractivity (Wildman–Crippen MR) is 80.9 cm³/mol. The first-order valence-electron chi connectivity index (χ1n) is 6.01. The summed E-state index contributed by atoms with van der Waals surface area (Å²) in [7, 11) is 0. The highest BCUT2D eigenvalue weighted by molar-refractivity contribution is 14.1. The number of halogens is 1. The van der Waals surface area contributed by atoms with Crippen molar-refractivity contribution in [2.24, 2.45) is 5.92 Å². The molecule has 1 aromatic rings. The molecule has 4 nitrogen and oxygen atoms in total. The molecule has 1 rings (SSSR count). The van der Waals surface area contributed by atoms with Gasteiger partial charge < -0.3 is 10.3 Å². The molecule has 1 amide bonds. The third kappa shape index (κ3) is 4.12. The van der Waals surface area contributed by atoms with Crippen LogP contribution in [-0.4, -0.2) is 16.9 Å². The quantitative estimate of drug-likeness (QED) is 0.809. The second-order valence-electron chi connectivity index (χ2n) is 4.99. The fourth-order valence-electron chi connectivity index (χ4n) is 1.83. The van der Waals surface area contributed by atoms with Gasteiger partial charge in [0.2, 0.25) is 0 Å². The van der Waals surface area contributed by atoms with Crippen molar-refractivity contribution < 1.29 is 4.79 Å². The van der Waals surface area contributed by atoms with Crippen molar-refractivity contribution in [1.29, 1.82) is 0 Å². The highest BCUT2D eigenvalue weighted by Gasteiger charge is 2.15. The molecule has 0 aliphatic heterocycles. The molecule has 5 heteroatoms. The molecule has 18 heavy (non-hydrogen) atoms. The van der Waals surface area contributed by atoms with E-state index in [4.69, 9.17) is 0 Å². The zero-order chi connectivity index (χ0) is 13.9. The lowest BCUT2D eigenvalue weighted by Gasteiger charge is -2.15. The molecule has 0 bridgehead atoms. The molecule has 1 atom stereocenters. The molecule has 0 spiro atoms. The summed E-state index contributed by atoms with van der Waals surface area (Å²) in [6.45, 7) is 7.96. The summed E-state index contributed by atoms with van der Waals surface area (Å²) in [5.74, 6) is 0.207. The van der Waals surface area contributed by atoms with Crippen LogP contribution in [0.15, 0.2) is 10.9 Å². The van der Waals surface area contributed by atoms with E-state index in [1.165, 1.54) is 0 Å². The molecule has 0 fully saturated rings. The number of H-pyrrole nitrogens is 1. The van der Waals surface area contributed by atoms with E-state index in [2.05, 4.69) is 46.7 Å². The van der Waals surface area contributed by atoms with Crippen LogP contribution in [0.3, 0.4) is 0 Å². The van der Waals surface area contributed by atoms with Crippen LogP contribution in [0.2, 0.25) is 0 Å². The Hall–Kier alpha value is -0.850. The van der Waals surface area contributed by atoms with Gasteiger partial charge in [0, 0.05) is 15.3 Å². The molecule has 0 radical (unpaired) electrons. The summed E-state index contributed by atoms with van der Waals surface area (Å²) >= 11 is 2.10. The van der Waals surface area contributed by atoms with E-state index in [1.54, 1.807) is 6.07 Å². The zero-order valence-corrected chi connectivity index (χ0v) is 13.3. The average molecular weight is 362 g/mol. The van der Waals surface area contributed by atoms with Gasteiger partial charge in [0.05, 0.1) is 0 Å². The number of amides is 1. The van der Waals surface area contributed by atoms with Crippen LogP contribution in [0.5, 0.6) is 0 Å². The molecule has 0 saturated carbocycles. The van der Waals surface area contributed by atoms with Crippen molar-refractivity contribution in [3.63, 3.8) is 0 Å². The van der Waals surface area contributed by atoms with Crippen LogP contribution in [0.1, 0.15) is 43.2 Å². The monoisotopic (exact) mass is 362 g/mol. The van der Waals surface area contributed by atoms with Crippen LogP contribution in [0.4, 0.5) is 0 Å². The van der Waals surface area contributed by atoms with E-state index in [9.17, 15) is 9.59 Å². The lowest BCUT2D eigenvalue weighted by molar-refractivity contribution is 0.0934. The van der Waals surface area contributed by atoms with Gasteiger partial charge in [-0.1, -0.05) is 13.8 Å². The maximum Gasteiger partial charge on any atom is 0.261 e. The average Bonchev–Trinajstić information content (AvgIpc) is 2.21. The van der Waals surface area contributed by atoms with Crippen molar-refractivity contribution in [2.75, 3.05) is 0 Å². The number of aromatic nitrogens is 1.